The third kappa shape index (κ3) is 4.80. The van der Waals surface area contributed by atoms with Gasteiger partial charge in [0.2, 0.25) is 5.56 Å². The monoisotopic (exact) mass is 498 g/mol. The van der Waals surface area contributed by atoms with Crippen molar-refractivity contribution >= 4 is 11.4 Å². The van der Waals surface area contributed by atoms with E-state index in [0.717, 1.165) is 33.9 Å². The molecule has 188 valence electrons. The van der Waals surface area contributed by atoms with Gasteiger partial charge in [-0.3, -0.25) is 9.78 Å². The van der Waals surface area contributed by atoms with Gasteiger partial charge in [0.15, 0.2) is 0 Å². The first kappa shape index (κ1) is 23.2. The van der Waals surface area contributed by atoms with Gasteiger partial charge >= 0.3 is 0 Å². The summed E-state index contributed by atoms with van der Waals surface area (Å²) in [6.45, 7) is 5.13. The zero-order chi connectivity index (χ0) is 25.4. The molecule has 2 aromatic carbocycles. The van der Waals surface area contributed by atoms with Gasteiger partial charge in [-0.15, -0.1) is 0 Å². The Hall–Kier alpha value is -4.17. The van der Waals surface area contributed by atoms with Gasteiger partial charge in [-0.25, -0.2) is 4.39 Å². The molecular weight excluding hydrogens is 471 g/mol. The van der Waals surface area contributed by atoms with Crippen molar-refractivity contribution in [3.63, 3.8) is 0 Å². The molecular formula is C29H27FN4O3. The van der Waals surface area contributed by atoms with Crippen LogP contribution in [-0.2, 0) is 17.7 Å². The molecule has 0 amide bonds. The predicted octanol–water partition coefficient (Wildman–Crippen LogP) is 5.03. The first-order chi connectivity index (χ1) is 18.0. The SMILES string of the molecule is Cc1cccc(CNc2ccc3c(c2)Cc2ccc(F)c(-c4cc(N5CCOCC5)cc(=O)[nH]4)c2O3)n1. The summed E-state index contributed by atoms with van der Waals surface area (Å²) in [5.41, 5.74) is 5.89. The summed E-state index contributed by atoms with van der Waals surface area (Å²) in [5, 5.41) is 3.42. The molecule has 4 aromatic rings. The lowest BCUT2D eigenvalue weighted by molar-refractivity contribution is 0.122. The molecule has 0 radical (unpaired) electrons. The molecule has 0 bridgehead atoms. The second-order valence-electron chi connectivity index (χ2n) is 9.35. The van der Waals surface area contributed by atoms with Crippen LogP contribution in [0.3, 0.4) is 0 Å². The van der Waals surface area contributed by atoms with Crippen molar-refractivity contribution in [2.75, 3.05) is 36.5 Å². The number of hydrogen-bond acceptors (Lipinski definition) is 6. The van der Waals surface area contributed by atoms with Gasteiger partial charge in [0.25, 0.3) is 0 Å². The molecule has 0 spiro atoms. The number of aromatic nitrogens is 2. The first-order valence-electron chi connectivity index (χ1n) is 12.4. The van der Waals surface area contributed by atoms with Crippen molar-refractivity contribution in [3.8, 4) is 22.8 Å². The number of H-pyrrole nitrogens is 1. The van der Waals surface area contributed by atoms with E-state index >= 15 is 4.39 Å². The van der Waals surface area contributed by atoms with E-state index < -0.39 is 5.82 Å². The van der Waals surface area contributed by atoms with Crippen LogP contribution >= 0.6 is 0 Å². The van der Waals surface area contributed by atoms with Crippen LogP contribution in [0, 0.1) is 12.7 Å². The molecule has 0 saturated carbocycles. The molecule has 4 heterocycles. The molecule has 0 aliphatic carbocycles. The van der Waals surface area contributed by atoms with Crippen molar-refractivity contribution in [1.29, 1.82) is 0 Å². The van der Waals surface area contributed by atoms with E-state index in [4.69, 9.17) is 9.47 Å². The standard InChI is InChI=1S/C29H27FN4O3/c1-18-3-2-4-22(32-18)17-31-21-6-8-26-20(14-21)13-19-5-7-24(30)28(29(19)37-26)25-15-23(16-27(35)33-25)34-9-11-36-12-10-34/h2-8,14-16,31H,9-13,17H2,1H3,(H,33,35). The fourth-order valence-corrected chi connectivity index (χ4v) is 4.91. The normalized spacial score (nSPS) is 14.5. The maximum absolute atomic E-state index is 15.2. The number of nitrogens with zero attached hydrogens (tertiary/aromatic N) is 2. The number of pyridine rings is 2. The van der Waals surface area contributed by atoms with E-state index in [1.807, 2.05) is 43.3 Å². The summed E-state index contributed by atoms with van der Waals surface area (Å²) in [7, 11) is 0. The fourth-order valence-electron chi connectivity index (χ4n) is 4.91. The minimum atomic E-state index is -0.444. The number of rotatable bonds is 5. The Labute approximate surface area is 213 Å². The van der Waals surface area contributed by atoms with Gasteiger partial charge in [0.1, 0.15) is 17.3 Å². The third-order valence-electron chi connectivity index (χ3n) is 6.74. The molecule has 7 nitrogen and oxygen atoms in total. The smallest absolute Gasteiger partial charge is 0.250 e. The lowest BCUT2D eigenvalue weighted by Crippen LogP contribution is -2.36. The Kier molecular flexibility index (Phi) is 6.10. The van der Waals surface area contributed by atoms with Crippen LogP contribution in [0.5, 0.6) is 11.5 Å². The summed E-state index contributed by atoms with van der Waals surface area (Å²) >= 11 is 0. The van der Waals surface area contributed by atoms with Gasteiger partial charge < -0.3 is 24.7 Å². The van der Waals surface area contributed by atoms with Crippen molar-refractivity contribution in [2.24, 2.45) is 0 Å². The van der Waals surface area contributed by atoms with Crippen LogP contribution in [0.25, 0.3) is 11.3 Å². The van der Waals surface area contributed by atoms with Crippen molar-refractivity contribution in [1.82, 2.24) is 9.97 Å². The number of halogens is 1. The van der Waals surface area contributed by atoms with E-state index in [1.54, 1.807) is 12.1 Å². The molecule has 8 heteroatoms. The fraction of sp³-hybridized carbons (Fsp3) is 0.241. The first-order valence-corrected chi connectivity index (χ1v) is 12.4. The second-order valence-corrected chi connectivity index (χ2v) is 9.35. The van der Waals surface area contributed by atoms with Gasteiger partial charge in [-0.05, 0) is 49.4 Å². The molecule has 2 N–H and O–H groups in total. The van der Waals surface area contributed by atoms with Gasteiger partial charge in [0, 0.05) is 53.8 Å². The number of aryl methyl sites for hydroxylation is 1. The number of ether oxygens (including phenoxy) is 2. The molecule has 1 fully saturated rings. The van der Waals surface area contributed by atoms with Crippen LogP contribution in [0.15, 0.2) is 65.5 Å². The van der Waals surface area contributed by atoms with E-state index in [-0.39, 0.29) is 11.1 Å². The van der Waals surface area contributed by atoms with Crippen LogP contribution < -0.4 is 20.5 Å². The summed E-state index contributed by atoms with van der Waals surface area (Å²) in [6, 6.07) is 18.4. The zero-order valence-corrected chi connectivity index (χ0v) is 20.5. The third-order valence-corrected chi connectivity index (χ3v) is 6.74. The largest absolute Gasteiger partial charge is 0.456 e. The molecule has 2 aliphatic heterocycles. The molecule has 0 unspecified atom stereocenters. The average molecular weight is 499 g/mol. The molecule has 37 heavy (non-hydrogen) atoms. The number of morpholine rings is 1. The number of hydrogen-bond donors (Lipinski definition) is 2. The van der Waals surface area contributed by atoms with Crippen molar-refractivity contribution < 1.29 is 13.9 Å². The van der Waals surface area contributed by atoms with Crippen LogP contribution in [0.1, 0.15) is 22.5 Å². The summed E-state index contributed by atoms with van der Waals surface area (Å²) in [4.78, 5) is 22.0. The van der Waals surface area contributed by atoms with Gasteiger partial charge in [-0.1, -0.05) is 12.1 Å². The Bertz CT molecular complexity index is 1530. The highest BCUT2D eigenvalue weighted by Crippen LogP contribution is 2.44. The predicted molar refractivity (Wildman–Crippen MR) is 141 cm³/mol. The van der Waals surface area contributed by atoms with Crippen molar-refractivity contribution in [2.45, 2.75) is 19.9 Å². The van der Waals surface area contributed by atoms with Gasteiger partial charge in [-0.2, -0.15) is 0 Å². The second kappa shape index (κ2) is 9.71. The van der Waals surface area contributed by atoms with Crippen molar-refractivity contribution in [3.05, 3.63) is 99.3 Å². The highest BCUT2D eigenvalue weighted by Gasteiger charge is 2.25. The Balaban J connectivity index is 1.29. The Morgan fingerprint density at radius 3 is 2.76 bits per heavy atom. The maximum Gasteiger partial charge on any atom is 0.250 e. The van der Waals surface area contributed by atoms with Crippen LogP contribution in [-0.4, -0.2) is 36.3 Å². The van der Waals surface area contributed by atoms with E-state index in [2.05, 4.69) is 26.3 Å². The van der Waals surface area contributed by atoms with Gasteiger partial charge in [0.05, 0.1) is 36.7 Å². The molecule has 1 saturated heterocycles. The summed E-state index contributed by atoms with van der Waals surface area (Å²) < 4.78 is 26.9. The summed E-state index contributed by atoms with van der Waals surface area (Å²) in [5.74, 6) is 0.665. The highest BCUT2D eigenvalue weighted by atomic mass is 19.1. The molecule has 0 atom stereocenters. The minimum Gasteiger partial charge on any atom is -0.456 e. The lowest BCUT2D eigenvalue weighted by Gasteiger charge is -2.29. The zero-order valence-electron chi connectivity index (χ0n) is 20.5. The van der Waals surface area contributed by atoms with E-state index in [0.29, 0.717) is 56.5 Å². The Morgan fingerprint density at radius 2 is 1.92 bits per heavy atom. The maximum atomic E-state index is 15.2. The number of aromatic amines is 1. The minimum absolute atomic E-state index is 0.267. The number of anilines is 2. The summed E-state index contributed by atoms with van der Waals surface area (Å²) in [6.07, 6.45) is 0.587. The average Bonchev–Trinajstić information content (AvgIpc) is 2.91. The van der Waals surface area contributed by atoms with Crippen LogP contribution in [0.4, 0.5) is 15.8 Å². The topological polar surface area (TPSA) is 79.5 Å². The molecule has 2 aliphatic rings. The van der Waals surface area contributed by atoms with E-state index in [1.165, 1.54) is 6.07 Å². The molecule has 2 aromatic heterocycles. The highest BCUT2D eigenvalue weighted by molar-refractivity contribution is 5.75. The number of fused-ring (bicyclic) bond motifs is 2. The van der Waals surface area contributed by atoms with E-state index in [9.17, 15) is 4.79 Å². The lowest BCUT2D eigenvalue weighted by atomic mass is 9.95. The van der Waals surface area contributed by atoms with Crippen LogP contribution in [0.2, 0.25) is 0 Å². The number of nitrogens with one attached hydrogen (secondary N) is 2. The molecule has 6 rings (SSSR count). The Morgan fingerprint density at radius 1 is 1.05 bits per heavy atom. The number of benzene rings is 2. The quantitative estimate of drug-likeness (QED) is 0.354.